The van der Waals surface area contributed by atoms with Crippen molar-refractivity contribution in [3.63, 3.8) is 0 Å². The van der Waals surface area contributed by atoms with Crippen LogP contribution in [-0.2, 0) is 17.9 Å². The number of benzene rings is 1. The van der Waals surface area contributed by atoms with Gasteiger partial charge in [0.05, 0.1) is 11.3 Å². The van der Waals surface area contributed by atoms with Gasteiger partial charge in [-0.15, -0.1) is 0 Å². The summed E-state index contributed by atoms with van der Waals surface area (Å²) >= 11 is 0. The van der Waals surface area contributed by atoms with E-state index in [9.17, 15) is 14.9 Å². The minimum absolute atomic E-state index is 0.0976. The van der Waals surface area contributed by atoms with E-state index in [1.54, 1.807) is 18.6 Å². The number of aromatic nitrogens is 4. The fraction of sp³-hybridized carbons (Fsp3) is 0.133. The Morgan fingerprint density at radius 1 is 1.38 bits per heavy atom. The summed E-state index contributed by atoms with van der Waals surface area (Å²) in [6.07, 6.45) is 7.61. The number of rotatable bonds is 6. The number of nitrogens with zero attached hydrogens (tertiary/aromatic N) is 5. The molecule has 0 radical (unpaired) electrons. The SMILES string of the molecule is O=C(Cn1cc([N+](=O)[O-])cn1)Nc1cccc(Cn2ccnc2)c1. The molecule has 1 aromatic carbocycles. The maximum atomic E-state index is 12.0. The summed E-state index contributed by atoms with van der Waals surface area (Å²) in [5.74, 6) is -0.312. The van der Waals surface area contributed by atoms with Crippen LogP contribution in [0.2, 0.25) is 0 Å². The molecule has 0 unspecified atom stereocenters. The first-order valence-corrected chi connectivity index (χ1v) is 7.11. The van der Waals surface area contributed by atoms with Crippen LogP contribution in [0, 0.1) is 10.1 Å². The molecule has 9 heteroatoms. The van der Waals surface area contributed by atoms with E-state index in [4.69, 9.17) is 0 Å². The third-order valence-corrected chi connectivity index (χ3v) is 3.27. The van der Waals surface area contributed by atoms with Crippen molar-refractivity contribution in [3.8, 4) is 0 Å². The number of amides is 1. The molecule has 24 heavy (non-hydrogen) atoms. The van der Waals surface area contributed by atoms with Crippen LogP contribution in [0.4, 0.5) is 11.4 Å². The second-order valence-corrected chi connectivity index (χ2v) is 5.14. The molecule has 0 aliphatic rings. The number of hydrogen-bond donors (Lipinski definition) is 1. The van der Waals surface area contributed by atoms with Gasteiger partial charge in [-0.25, -0.2) is 4.98 Å². The number of carbonyl (C=O) groups is 1. The molecular weight excluding hydrogens is 312 g/mol. The summed E-state index contributed by atoms with van der Waals surface area (Å²) in [6, 6.07) is 7.44. The lowest BCUT2D eigenvalue weighted by Gasteiger charge is -2.08. The average Bonchev–Trinajstić information content (AvgIpc) is 3.19. The molecule has 3 aromatic rings. The first-order chi connectivity index (χ1) is 11.6. The number of nitrogens with one attached hydrogen (secondary N) is 1. The fourth-order valence-corrected chi connectivity index (χ4v) is 2.22. The summed E-state index contributed by atoms with van der Waals surface area (Å²) in [5.41, 5.74) is 1.52. The van der Waals surface area contributed by atoms with Crippen molar-refractivity contribution in [3.05, 3.63) is 71.1 Å². The smallest absolute Gasteiger partial charge is 0.307 e. The molecule has 0 atom stereocenters. The molecule has 2 heterocycles. The Morgan fingerprint density at radius 3 is 2.96 bits per heavy atom. The van der Waals surface area contributed by atoms with Crippen molar-refractivity contribution in [2.45, 2.75) is 13.1 Å². The highest BCUT2D eigenvalue weighted by Gasteiger charge is 2.11. The lowest BCUT2D eigenvalue weighted by atomic mass is 10.2. The summed E-state index contributed by atoms with van der Waals surface area (Å²) in [7, 11) is 0. The summed E-state index contributed by atoms with van der Waals surface area (Å²) < 4.78 is 3.15. The molecular formula is C15H14N6O3. The lowest BCUT2D eigenvalue weighted by Crippen LogP contribution is -2.19. The van der Waals surface area contributed by atoms with E-state index >= 15 is 0 Å². The molecule has 9 nitrogen and oxygen atoms in total. The van der Waals surface area contributed by atoms with Gasteiger partial charge in [-0.1, -0.05) is 12.1 Å². The highest BCUT2D eigenvalue weighted by molar-refractivity contribution is 5.90. The van der Waals surface area contributed by atoms with Gasteiger partial charge >= 0.3 is 5.69 Å². The Bertz CT molecular complexity index is 856. The zero-order valence-electron chi connectivity index (χ0n) is 12.6. The van der Waals surface area contributed by atoms with Crippen LogP contribution in [0.25, 0.3) is 0 Å². The van der Waals surface area contributed by atoms with Crippen LogP contribution in [0.5, 0.6) is 0 Å². The Kier molecular flexibility index (Phi) is 4.32. The third kappa shape index (κ3) is 3.83. The quantitative estimate of drug-likeness (QED) is 0.547. The summed E-state index contributed by atoms with van der Waals surface area (Å²) in [5, 5.41) is 17.1. The van der Waals surface area contributed by atoms with Gasteiger partial charge in [0.15, 0.2) is 0 Å². The Hall–Kier alpha value is -3.49. The summed E-state index contributed by atoms with van der Waals surface area (Å²) in [4.78, 5) is 26.1. The van der Waals surface area contributed by atoms with E-state index in [1.165, 1.54) is 10.9 Å². The third-order valence-electron chi connectivity index (χ3n) is 3.27. The Balaban J connectivity index is 1.62. The highest BCUT2D eigenvalue weighted by Crippen LogP contribution is 2.13. The van der Waals surface area contributed by atoms with Gasteiger partial charge in [-0.2, -0.15) is 5.10 Å². The average molecular weight is 326 g/mol. The fourth-order valence-electron chi connectivity index (χ4n) is 2.22. The zero-order valence-corrected chi connectivity index (χ0v) is 12.6. The molecule has 0 fully saturated rings. The minimum Gasteiger partial charge on any atom is -0.333 e. The first-order valence-electron chi connectivity index (χ1n) is 7.11. The molecule has 0 saturated carbocycles. The van der Waals surface area contributed by atoms with E-state index < -0.39 is 4.92 Å². The first kappa shape index (κ1) is 15.4. The van der Waals surface area contributed by atoms with Crippen LogP contribution >= 0.6 is 0 Å². The van der Waals surface area contributed by atoms with Gasteiger partial charge in [0, 0.05) is 24.6 Å². The molecule has 3 rings (SSSR count). The van der Waals surface area contributed by atoms with Crippen molar-refractivity contribution in [1.82, 2.24) is 19.3 Å². The number of imidazole rings is 1. The lowest BCUT2D eigenvalue weighted by molar-refractivity contribution is -0.385. The predicted octanol–water partition coefficient (Wildman–Crippen LogP) is 1.67. The van der Waals surface area contributed by atoms with Gasteiger partial charge in [0.2, 0.25) is 5.91 Å². The molecule has 0 saturated heterocycles. The molecule has 0 aliphatic heterocycles. The number of carbonyl (C=O) groups excluding carboxylic acids is 1. The van der Waals surface area contributed by atoms with Crippen molar-refractivity contribution in [2.75, 3.05) is 5.32 Å². The van der Waals surface area contributed by atoms with E-state index in [2.05, 4.69) is 15.4 Å². The monoisotopic (exact) mass is 326 g/mol. The van der Waals surface area contributed by atoms with E-state index in [0.717, 1.165) is 11.8 Å². The molecule has 0 aliphatic carbocycles. The van der Waals surface area contributed by atoms with Crippen molar-refractivity contribution >= 4 is 17.3 Å². The van der Waals surface area contributed by atoms with E-state index in [-0.39, 0.29) is 18.1 Å². The molecule has 2 aromatic heterocycles. The normalized spacial score (nSPS) is 10.5. The van der Waals surface area contributed by atoms with Crippen LogP contribution in [0.3, 0.4) is 0 Å². The minimum atomic E-state index is -0.555. The molecule has 0 spiro atoms. The van der Waals surface area contributed by atoms with E-state index in [0.29, 0.717) is 12.2 Å². The molecule has 1 amide bonds. The molecule has 0 bridgehead atoms. The number of hydrogen-bond acceptors (Lipinski definition) is 5. The van der Waals surface area contributed by atoms with Crippen molar-refractivity contribution < 1.29 is 9.72 Å². The van der Waals surface area contributed by atoms with Crippen molar-refractivity contribution in [1.29, 1.82) is 0 Å². The van der Waals surface area contributed by atoms with Crippen molar-refractivity contribution in [2.24, 2.45) is 0 Å². The predicted molar refractivity (Wildman–Crippen MR) is 85.3 cm³/mol. The summed E-state index contributed by atoms with van der Waals surface area (Å²) in [6.45, 7) is 0.550. The van der Waals surface area contributed by atoms with Gasteiger partial charge in [0.1, 0.15) is 18.9 Å². The van der Waals surface area contributed by atoms with Crippen LogP contribution < -0.4 is 5.32 Å². The number of anilines is 1. The van der Waals surface area contributed by atoms with Crippen LogP contribution in [0.15, 0.2) is 55.4 Å². The standard InChI is InChI=1S/C15H14N6O3/c22-15(10-20-9-14(7-17-20)21(23)24)18-13-3-1-2-12(6-13)8-19-5-4-16-11-19/h1-7,9,11H,8,10H2,(H,18,22). The topological polar surface area (TPSA) is 108 Å². The zero-order chi connectivity index (χ0) is 16.9. The second kappa shape index (κ2) is 6.73. The Morgan fingerprint density at radius 2 is 2.25 bits per heavy atom. The van der Waals surface area contributed by atoms with Gasteiger partial charge in [0.25, 0.3) is 0 Å². The second-order valence-electron chi connectivity index (χ2n) is 5.14. The van der Waals surface area contributed by atoms with Gasteiger partial charge < -0.3 is 9.88 Å². The maximum Gasteiger partial charge on any atom is 0.307 e. The van der Waals surface area contributed by atoms with Crippen LogP contribution in [0.1, 0.15) is 5.56 Å². The van der Waals surface area contributed by atoms with E-state index in [1.807, 2.05) is 29.0 Å². The van der Waals surface area contributed by atoms with Gasteiger partial charge in [-0.3, -0.25) is 19.6 Å². The van der Waals surface area contributed by atoms with Crippen LogP contribution in [-0.4, -0.2) is 30.2 Å². The largest absolute Gasteiger partial charge is 0.333 e. The molecule has 122 valence electrons. The molecule has 1 N–H and O–H groups in total. The Labute approximate surface area is 136 Å². The number of nitro groups is 1. The van der Waals surface area contributed by atoms with Gasteiger partial charge in [-0.05, 0) is 17.7 Å². The maximum absolute atomic E-state index is 12.0. The highest BCUT2D eigenvalue weighted by atomic mass is 16.6.